The summed E-state index contributed by atoms with van der Waals surface area (Å²) in [6.45, 7) is 3.04. The van der Waals surface area contributed by atoms with E-state index in [0.29, 0.717) is 18.2 Å². The summed E-state index contributed by atoms with van der Waals surface area (Å²) in [6.07, 6.45) is 3.75. The van der Waals surface area contributed by atoms with Crippen LogP contribution in [0, 0.1) is 11.7 Å². The zero-order valence-corrected chi connectivity index (χ0v) is 23.9. The number of nitrogens with zero attached hydrogens (tertiary/aromatic N) is 4. The number of hydrogen-bond donors (Lipinski definition) is 2. The Kier molecular flexibility index (Phi) is 7.26. The molecule has 0 unspecified atom stereocenters. The maximum absolute atomic E-state index is 15.6. The average Bonchev–Trinajstić information content (AvgIpc) is 3.36. The van der Waals surface area contributed by atoms with Gasteiger partial charge in [0, 0.05) is 38.5 Å². The molecule has 40 heavy (non-hydrogen) atoms. The van der Waals surface area contributed by atoms with Crippen molar-refractivity contribution in [1.82, 2.24) is 14.2 Å². The molecule has 2 fully saturated rings. The smallest absolute Gasteiger partial charge is 0.274 e. The molecule has 1 amide bonds. The number of amides is 1. The fourth-order valence-corrected chi connectivity index (χ4v) is 8.32. The van der Waals surface area contributed by atoms with Crippen molar-refractivity contribution in [3.63, 3.8) is 0 Å². The van der Waals surface area contributed by atoms with Crippen LogP contribution in [0.2, 0.25) is 0 Å². The van der Waals surface area contributed by atoms with Gasteiger partial charge in [-0.2, -0.15) is 0 Å². The summed E-state index contributed by atoms with van der Waals surface area (Å²) >= 11 is 0. The fraction of sp³-hybridized carbons (Fsp3) is 0.519. The number of aromatic nitrogens is 1. The van der Waals surface area contributed by atoms with Gasteiger partial charge >= 0.3 is 0 Å². The highest BCUT2D eigenvalue weighted by Crippen LogP contribution is 2.52. The van der Waals surface area contributed by atoms with Gasteiger partial charge in [0.2, 0.25) is 16.0 Å². The van der Waals surface area contributed by atoms with Crippen LogP contribution < -0.4 is 15.8 Å². The van der Waals surface area contributed by atoms with Crippen molar-refractivity contribution in [2.24, 2.45) is 16.6 Å². The number of benzene rings is 1. The molecule has 3 N–H and O–H groups in total. The van der Waals surface area contributed by atoms with Crippen LogP contribution in [0.4, 0.5) is 10.1 Å². The Labute approximate surface area is 233 Å². The normalized spacial score (nSPS) is 29.6. The number of hydrogen-bond acceptors (Lipinski definition) is 9. The van der Waals surface area contributed by atoms with Gasteiger partial charge in [0.25, 0.3) is 5.91 Å². The number of sulfonamides is 1. The molecule has 5 rings (SSSR count). The number of ether oxygens (including phenoxy) is 2. The molecule has 13 heteroatoms. The largest absolute Gasteiger partial charge is 0.495 e. The van der Waals surface area contributed by atoms with Crippen LogP contribution in [-0.2, 0) is 20.3 Å². The van der Waals surface area contributed by atoms with E-state index in [4.69, 9.17) is 15.2 Å². The monoisotopic (exact) mass is 574 g/mol. The molecule has 1 saturated carbocycles. The zero-order valence-electron chi connectivity index (χ0n) is 23.1. The first-order valence-electron chi connectivity index (χ1n) is 13.1. The third kappa shape index (κ3) is 4.49. The highest BCUT2D eigenvalue weighted by molar-refractivity contribution is 7.91. The van der Waals surface area contributed by atoms with Crippen molar-refractivity contribution in [3.05, 3.63) is 53.6 Å². The first-order valence-corrected chi connectivity index (χ1v) is 14.6. The van der Waals surface area contributed by atoms with Crippen molar-refractivity contribution in [2.45, 2.75) is 42.6 Å². The molecule has 0 bridgehead atoms. The Bertz CT molecular complexity index is 1430. The van der Waals surface area contributed by atoms with Crippen molar-refractivity contribution in [1.29, 1.82) is 0 Å². The second-order valence-electron chi connectivity index (χ2n) is 10.9. The molecular formula is C27H35FN6O5S. The summed E-state index contributed by atoms with van der Waals surface area (Å²) in [7, 11) is 0.524. The van der Waals surface area contributed by atoms with E-state index >= 15 is 4.39 Å². The minimum absolute atomic E-state index is 0.0394. The summed E-state index contributed by atoms with van der Waals surface area (Å²) in [5.41, 5.74) is 5.01. The molecule has 3 aliphatic rings. The van der Waals surface area contributed by atoms with E-state index in [1.165, 1.54) is 44.6 Å². The van der Waals surface area contributed by atoms with Gasteiger partial charge in [0.05, 0.1) is 19.4 Å². The maximum atomic E-state index is 15.6. The van der Waals surface area contributed by atoms with Crippen LogP contribution in [0.15, 0.2) is 41.5 Å². The topological polar surface area (TPSA) is 139 Å². The minimum Gasteiger partial charge on any atom is -0.495 e. The summed E-state index contributed by atoms with van der Waals surface area (Å²) in [5, 5.41) is 2.73. The number of halogens is 1. The van der Waals surface area contributed by atoms with E-state index in [1.807, 2.05) is 0 Å². The number of anilines is 1. The Hall–Kier alpha value is -3.29. The standard InChI is InChI=1S/C27H35FN6O5S/c1-26(21-13-18(5-7-22(21)28)31-24(35)23-8-6-19(38-3)14-30-23)27(40(36,37)33(2)25(29)32-26)9-10-34(16-27)15-17-11-20(12-17)39-4/h5-8,13-14,17,20H,9-12,15-16H2,1-4H3,(H2,29,32)(H,31,35)/t17?,20?,26-,27-/m1/s1. The van der Waals surface area contributed by atoms with Crippen LogP contribution in [0.3, 0.4) is 0 Å². The molecule has 2 aromatic rings. The number of carbonyl (C=O) groups is 1. The van der Waals surface area contributed by atoms with E-state index in [-0.39, 0.29) is 42.0 Å². The van der Waals surface area contributed by atoms with E-state index in [1.54, 1.807) is 20.1 Å². The van der Waals surface area contributed by atoms with Gasteiger partial charge in [-0.05, 0) is 69.0 Å². The Morgan fingerprint density at radius 2 is 2.00 bits per heavy atom. The van der Waals surface area contributed by atoms with Gasteiger partial charge < -0.3 is 25.4 Å². The number of guanidine groups is 1. The maximum Gasteiger partial charge on any atom is 0.274 e. The van der Waals surface area contributed by atoms with E-state index in [2.05, 4.69) is 20.2 Å². The van der Waals surface area contributed by atoms with Crippen LogP contribution in [-0.4, -0.2) is 86.2 Å². The SMILES string of the molecule is COc1ccc(C(=O)Nc2ccc(F)c([C@@]3(C)N=C(N)N(C)S(=O)(=O)[C@@]34CCN(CC3CC(OC)C3)C4)c2)nc1. The number of methoxy groups -OCH3 is 2. The fourth-order valence-electron chi connectivity index (χ4n) is 6.15. The number of nitrogens with one attached hydrogen (secondary N) is 1. The minimum atomic E-state index is -4.05. The molecule has 0 radical (unpaired) electrons. The van der Waals surface area contributed by atoms with Crippen LogP contribution in [0.25, 0.3) is 0 Å². The van der Waals surface area contributed by atoms with Gasteiger partial charge in [0.15, 0.2) is 0 Å². The van der Waals surface area contributed by atoms with Crippen molar-refractivity contribution in [3.8, 4) is 5.75 Å². The lowest BCUT2D eigenvalue weighted by Crippen LogP contribution is -2.66. The lowest BCUT2D eigenvalue weighted by molar-refractivity contribution is -0.00907. The Morgan fingerprint density at radius 3 is 2.65 bits per heavy atom. The molecule has 1 saturated heterocycles. The van der Waals surface area contributed by atoms with Gasteiger partial charge in [-0.15, -0.1) is 0 Å². The molecular weight excluding hydrogens is 539 g/mol. The number of rotatable bonds is 7. The number of aliphatic imine (C=N–C) groups is 1. The van der Waals surface area contributed by atoms with Gasteiger partial charge in [-0.1, -0.05) is 0 Å². The third-order valence-corrected chi connectivity index (χ3v) is 11.3. The first-order chi connectivity index (χ1) is 18.9. The lowest BCUT2D eigenvalue weighted by Gasteiger charge is -2.49. The molecule has 2 aliphatic heterocycles. The van der Waals surface area contributed by atoms with Gasteiger partial charge in [-0.3, -0.25) is 4.79 Å². The van der Waals surface area contributed by atoms with Crippen LogP contribution in [0.1, 0.15) is 42.2 Å². The Balaban J connectivity index is 1.49. The van der Waals surface area contributed by atoms with Crippen LogP contribution in [0.5, 0.6) is 5.75 Å². The van der Waals surface area contributed by atoms with Crippen molar-refractivity contribution in [2.75, 3.05) is 46.2 Å². The second-order valence-corrected chi connectivity index (χ2v) is 13.2. The highest BCUT2D eigenvalue weighted by Gasteiger charge is 2.66. The van der Waals surface area contributed by atoms with Crippen molar-refractivity contribution < 1.29 is 27.1 Å². The number of carbonyl (C=O) groups excluding carboxylic acids is 1. The third-order valence-electron chi connectivity index (χ3n) is 8.71. The summed E-state index contributed by atoms with van der Waals surface area (Å²) < 4.78 is 53.8. The molecule has 1 aromatic heterocycles. The number of pyridine rings is 1. The molecule has 1 spiro atoms. The second kappa shape index (κ2) is 10.3. The first kappa shape index (κ1) is 28.2. The molecule has 3 heterocycles. The molecule has 216 valence electrons. The van der Waals surface area contributed by atoms with Gasteiger partial charge in [0.1, 0.15) is 27.5 Å². The van der Waals surface area contributed by atoms with E-state index < -0.39 is 32.0 Å². The molecule has 11 nitrogen and oxygen atoms in total. The number of likely N-dealkylation sites (tertiary alicyclic amines) is 1. The summed E-state index contributed by atoms with van der Waals surface area (Å²) in [5.74, 6) is -0.463. The summed E-state index contributed by atoms with van der Waals surface area (Å²) in [6, 6.07) is 7.17. The lowest BCUT2D eigenvalue weighted by atomic mass is 9.77. The summed E-state index contributed by atoms with van der Waals surface area (Å²) in [4.78, 5) is 23.7. The van der Waals surface area contributed by atoms with E-state index in [0.717, 1.165) is 23.7 Å². The molecule has 2 atom stereocenters. The van der Waals surface area contributed by atoms with E-state index in [9.17, 15) is 13.2 Å². The highest BCUT2D eigenvalue weighted by atomic mass is 32.2. The van der Waals surface area contributed by atoms with Crippen LogP contribution >= 0.6 is 0 Å². The van der Waals surface area contributed by atoms with Gasteiger partial charge in [-0.25, -0.2) is 27.1 Å². The Morgan fingerprint density at radius 1 is 1.25 bits per heavy atom. The predicted octanol–water partition coefficient (Wildman–Crippen LogP) is 2.16. The quantitative estimate of drug-likeness (QED) is 0.513. The number of nitrogens with two attached hydrogens (primary N) is 1. The molecule has 1 aromatic carbocycles. The molecule has 1 aliphatic carbocycles. The zero-order chi connectivity index (χ0) is 28.9. The average molecular weight is 575 g/mol. The van der Waals surface area contributed by atoms with Crippen molar-refractivity contribution >= 4 is 27.6 Å². The predicted molar refractivity (Wildman–Crippen MR) is 148 cm³/mol.